The largest absolute Gasteiger partial charge is 0.378 e. The zero-order valence-corrected chi connectivity index (χ0v) is 12.9. The Morgan fingerprint density at radius 3 is 2.41 bits per heavy atom. The smallest absolute Gasteiger partial charge is 0.189 e. The Balaban J connectivity index is 1.73. The Kier molecular flexibility index (Phi) is 3.92. The molecule has 0 amide bonds. The number of hydrogen-bond acceptors (Lipinski definition) is 2. The first-order chi connectivity index (χ1) is 10.6. The highest BCUT2D eigenvalue weighted by Crippen LogP contribution is 2.26. The second kappa shape index (κ2) is 6.02. The van der Waals surface area contributed by atoms with Crippen LogP contribution in [0.15, 0.2) is 66.3 Å². The van der Waals surface area contributed by atoms with Crippen LogP contribution in [0.25, 0.3) is 6.08 Å². The van der Waals surface area contributed by atoms with E-state index in [0.29, 0.717) is 0 Å². The van der Waals surface area contributed by atoms with Gasteiger partial charge in [-0.1, -0.05) is 54.6 Å². The number of carbonyl (C=O) groups is 1. The lowest BCUT2D eigenvalue weighted by atomic mass is 10.1. The van der Waals surface area contributed by atoms with Gasteiger partial charge in [0.25, 0.3) is 0 Å². The van der Waals surface area contributed by atoms with Crippen LogP contribution in [0.3, 0.4) is 0 Å². The van der Waals surface area contributed by atoms with Crippen LogP contribution in [0.5, 0.6) is 0 Å². The minimum absolute atomic E-state index is 0.156. The lowest BCUT2D eigenvalue weighted by Gasteiger charge is -2.11. The van der Waals surface area contributed by atoms with Crippen molar-refractivity contribution in [1.29, 1.82) is 0 Å². The standard InChI is InChI=1S/C20H19NO/c1-21(2)18-12-10-15(11-13-18)6-5-8-17-14-16-7-3-4-9-19(16)20(17)22/h3-13H,14H2,1-2H3. The van der Waals surface area contributed by atoms with Crippen molar-refractivity contribution in [2.45, 2.75) is 6.42 Å². The summed E-state index contributed by atoms with van der Waals surface area (Å²) in [5.41, 5.74) is 5.14. The van der Waals surface area contributed by atoms with Crippen molar-refractivity contribution in [3.63, 3.8) is 0 Å². The molecule has 0 saturated carbocycles. The number of anilines is 1. The van der Waals surface area contributed by atoms with Gasteiger partial charge in [-0.2, -0.15) is 0 Å². The SMILES string of the molecule is CN(C)c1ccc(C=CC=C2Cc3ccccc3C2=O)cc1. The quantitative estimate of drug-likeness (QED) is 0.792. The third kappa shape index (κ3) is 2.86. The molecule has 3 rings (SSSR count). The minimum atomic E-state index is 0.156. The molecule has 2 nitrogen and oxygen atoms in total. The van der Waals surface area contributed by atoms with E-state index in [0.717, 1.165) is 28.7 Å². The number of benzene rings is 2. The fraction of sp³-hybridized carbons (Fsp3) is 0.150. The van der Waals surface area contributed by atoms with Gasteiger partial charge in [-0.3, -0.25) is 4.79 Å². The molecule has 0 atom stereocenters. The first-order valence-electron chi connectivity index (χ1n) is 7.42. The van der Waals surface area contributed by atoms with E-state index in [1.807, 2.05) is 56.6 Å². The molecule has 2 heteroatoms. The van der Waals surface area contributed by atoms with Gasteiger partial charge in [-0.25, -0.2) is 0 Å². The molecule has 0 aliphatic heterocycles. The normalized spacial score (nSPS) is 15.5. The Bertz CT molecular complexity index is 752. The van der Waals surface area contributed by atoms with E-state index >= 15 is 0 Å². The van der Waals surface area contributed by atoms with E-state index < -0.39 is 0 Å². The maximum atomic E-state index is 12.3. The average molecular weight is 289 g/mol. The second-order valence-corrected chi connectivity index (χ2v) is 5.70. The number of Topliss-reactive ketones (excluding diaryl/α,β-unsaturated/α-hetero) is 1. The van der Waals surface area contributed by atoms with Gasteiger partial charge in [0.05, 0.1) is 0 Å². The maximum absolute atomic E-state index is 12.3. The summed E-state index contributed by atoms with van der Waals surface area (Å²) in [5.74, 6) is 0.156. The minimum Gasteiger partial charge on any atom is -0.378 e. The van der Waals surface area contributed by atoms with Gasteiger partial charge in [0.1, 0.15) is 0 Å². The Morgan fingerprint density at radius 2 is 1.73 bits per heavy atom. The summed E-state index contributed by atoms with van der Waals surface area (Å²) in [5, 5.41) is 0. The molecule has 0 fully saturated rings. The van der Waals surface area contributed by atoms with Gasteiger partial charge < -0.3 is 4.90 Å². The highest BCUT2D eigenvalue weighted by molar-refractivity contribution is 6.13. The predicted molar refractivity (Wildman–Crippen MR) is 92.4 cm³/mol. The van der Waals surface area contributed by atoms with Gasteiger partial charge in [0, 0.05) is 37.3 Å². The fourth-order valence-corrected chi connectivity index (χ4v) is 2.65. The third-order valence-electron chi connectivity index (χ3n) is 3.93. The maximum Gasteiger partial charge on any atom is 0.189 e. The number of allylic oxidation sites excluding steroid dienone is 3. The zero-order valence-electron chi connectivity index (χ0n) is 12.9. The summed E-state index contributed by atoms with van der Waals surface area (Å²) < 4.78 is 0. The van der Waals surface area contributed by atoms with Crippen molar-refractivity contribution in [2.24, 2.45) is 0 Å². The van der Waals surface area contributed by atoms with Crippen LogP contribution >= 0.6 is 0 Å². The zero-order chi connectivity index (χ0) is 15.5. The van der Waals surface area contributed by atoms with Crippen LogP contribution in [0.1, 0.15) is 21.5 Å². The van der Waals surface area contributed by atoms with E-state index in [1.165, 1.54) is 5.69 Å². The molecule has 0 spiro atoms. The Morgan fingerprint density at radius 1 is 1.00 bits per heavy atom. The highest BCUT2D eigenvalue weighted by Gasteiger charge is 2.23. The van der Waals surface area contributed by atoms with Gasteiger partial charge in [0.2, 0.25) is 0 Å². The molecule has 110 valence electrons. The van der Waals surface area contributed by atoms with Crippen LogP contribution in [0.2, 0.25) is 0 Å². The summed E-state index contributed by atoms with van der Waals surface area (Å²) in [6, 6.07) is 16.2. The van der Waals surface area contributed by atoms with Crippen LogP contribution in [0.4, 0.5) is 5.69 Å². The number of hydrogen-bond donors (Lipinski definition) is 0. The number of ketones is 1. The van der Waals surface area contributed by atoms with Crippen LogP contribution in [-0.4, -0.2) is 19.9 Å². The molecule has 2 aromatic rings. The molecule has 2 aromatic carbocycles. The van der Waals surface area contributed by atoms with Crippen LogP contribution in [0, 0.1) is 0 Å². The van der Waals surface area contributed by atoms with E-state index in [-0.39, 0.29) is 5.78 Å². The molecule has 1 aliphatic carbocycles. The molecular formula is C20H19NO. The summed E-state index contributed by atoms with van der Waals surface area (Å²) in [6.07, 6.45) is 6.66. The molecule has 1 aliphatic rings. The summed E-state index contributed by atoms with van der Waals surface area (Å²) in [7, 11) is 4.05. The lowest BCUT2D eigenvalue weighted by Crippen LogP contribution is -2.07. The molecule has 0 N–H and O–H groups in total. The number of nitrogens with zero attached hydrogens (tertiary/aromatic N) is 1. The molecule has 0 bridgehead atoms. The first-order valence-corrected chi connectivity index (χ1v) is 7.42. The third-order valence-corrected chi connectivity index (χ3v) is 3.93. The van der Waals surface area contributed by atoms with Gasteiger partial charge in [-0.15, -0.1) is 0 Å². The molecular weight excluding hydrogens is 270 g/mol. The molecule has 0 unspecified atom stereocenters. The Labute approximate surface area is 131 Å². The monoisotopic (exact) mass is 289 g/mol. The first kappa shape index (κ1) is 14.3. The highest BCUT2D eigenvalue weighted by atomic mass is 16.1. The van der Waals surface area contributed by atoms with Crippen molar-refractivity contribution >= 4 is 17.5 Å². The summed E-state index contributed by atoms with van der Waals surface area (Å²) >= 11 is 0. The van der Waals surface area contributed by atoms with Crippen LogP contribution < -0.4 is 4.90 Å². The van der Waals surface area contributed by atoms with E-state index in [2.05, 4.69) is 29.2 Å². The van der Waals surface area contributed by atoms with Crippen LogP contribution in [-0.2, 0) is 6.42 Å². The summed E-state index contributed by atoms with van der Waals surface area (Å²) in [6.45, 7) is 0. The second-order valence-electron chi connectivity index (χ2n) is 5.70. The number of fused-ring (bicyclic) bond motifs is 1. The van der Waals surface area contributed by atoms with Crippen molar-refractivity contribution in [1.82, 2.24) is 0 Å². The lowest BCUT2D eigenvalue weighted by molar-refractivity contribution is 0.103. The predicted octanol–water partition coefficient (Wildman–Crippen LogP) is 4.13. The van der Waals surface area contributed by atoms with Crippen molar-refractivity contribution in [3.8, 4) is 0 Å². The van der Waals surface area contributed by atoms with Gasteiger partial charge in [0.15, 0.2) is 5.78 Å². The number of rotatable bonds is 3. The average Bonchev–Trinajstić information content (AvgIpc) is 2.85. The number of carbonyl (C=O) groups excluding carboxylic acids is 1. The van der Waals surface area contributed by atoms with Crippen molar-refractivity contribution in [3.05, 3.63) is 82.9 Å². The molecule has 0 radical (unpaired) electrons. The van der Waals surface area contributed by atoms with Crippen molar-refractivity contribution < 1.29 is 4.79 Å². The van der Waals surface area contributed by atoms with Gasteiger partial charge in [-0.05, 0) is 23.3 Å². The summed E-state index contributed by atoms with van der Waals surface area (Å²) in [4.78, 5) is 14.3. The molecule has 0 aromatic heterocycles. The topological polar surface area (TPSA) is 20.3 Å². The molecule has 0 saturated heterocycles. The van der Waals surface area contributed by atoms with E-state index in [9.17, 15) is 4.79 Å². The molecule has 0 heterocycles. The van der Waals surface area contributed by atoms with Crippen molar-refractivity contribution in [2.75, 3.05) is 19.0 Å². The van der Waals surface area contributed by atoms with Gasteiger partial charge >= 0.3 is 0 Å². The molecule has 22 heavy (non-hydrogen) atoms. The van der Waals surface area contributed by atoms with E-state index in [4.69, 9.17) is 0 Å². The Hall–Kier alpha value is -2.61. The fourth-order valence-electron chi connectivity index (χ4n) is 2.65. The van der Waals surface area contributed by atoms with E-state index in [1.54, 1.807) is 0 Å².